The van der Waals surface area contributed by atoms with Crippen molar-refractivity contribution in [1.82, 2.24) is 4.98 Å². The lowest BCUT2D eigenvalue weighted by Crippen LogP contribution is -2.30. The van der Waals surface area contributed by atoms with E-state index in [-0.39, 0.29) is 17.3 Å². The number of hydrogen-bond acceptors (Lipinski definition) is 5. The van der Waals surface area contributed by atoms with Crippen molar-refractivity contribution in [3.8, 4) is 5.75 Å². The minimum atomic E-state index is -1.02. The van der Waals surface area contributed by atoms with Gasteiger partial charge < -0.3 is 14.8 Å². The number of benzene rings is 1. The van der Waals surface area contributed by atoms with Crippen molar-refractivity contribution in [2.75, 3.05) is 12.4 Å². The average molecular weight is 383 g/mol. The summed E-state index contributed by atoms with van der Waals surface area (Å²) in [5, 5.41) is 3.02. The highest BCUT2D eigenvalue weighted by molar-refractivity contribution is 6.36. The Morgan fingerprint density at radius 1 is 1.28 bits per heavy atom. The molecule has 0 unspecified atom stereocenters. The molecule has 25 heavy (non-hydrogen) atoms. The number of rotatable bonds is 6. The third-order valence-electron chi connectivity index (χ3n) is 3.25. The number of carbonyl (C=O) groups excluding carboxylic acids is 2. The zero-order chi connectivity index (χ0) is 18.4. The van der Waals surface area contributed by atoms with Crippen molar-refractivity contribution >= 4 is 40.9 Å². The monoisotopic (exact) mass is 382 g/mol. The Labute approximate surface area is 155 Å². The molecule has 2 aromatic rings. The molecule has 0 aliphatic carbocycles. The Morgan fingerprint density at radius 2 is 2.00 bits per heavy atom. The zero-order valence-corrected chi connectivity index (χ0v) is 15.1. The fourth-order valence-electron chi connectivity index (χ4n) is 2.02. The van der Waals surface area contributed by atoms with Crippen molar-refractivity contribution in [1.29, 1.82) is 0 Å². The molecule has 0 aliphatic heterocycles. The van der Waals surface area contributed by atoms with Gasteiger partial charge in [0.2, 0.25) is 0 Å². The highest BCUT2D eigenvalue weighted by Crippen LogP contribution is 2.23. The summed E-state index contributed by atoms with van der Waals surface area (Å²) in [6.45, 7) is 1.46. The molecule has 0 saturated carbocycles. The van der Waals surface area contributed by atoms with Gasteiger partial charge in [0.1, 0.15) is 5.75 Å². The molecule has 132 valence electrons. The molecule has 1 atom stereocenters. The number of amides is 1. The number of nitrogens with one attached hydrogen (secondary N) is 1. The van der Waals surface area contributed by atoms with E-state index >= 15 is 0 Å². The summed E-state index contributed by atoms with van der Waals surface area (Å²) in [4.78, 5) is 28.1. The SMILES string of the molecule is COc1ccccc1CC(=O)O[C@H](C)C(=O)Nc1ncc(Cl)cc1Cl. The smallest absolute Gasteiger partial charge is 0.311 e. The summed E-state index contributed by atoms with van der Waals surface area (Å²) in [7, 11) is 1.52. The van der Waals surface area contributed by atoms with Gasteiger partial charge >= 0.3 is 5.97 Å². The Balaban J connectivity index is 1.95. The predicted octanol–water partition coefficient (Wildman–Crippen LogP) is 3.51. The van der Waals surface area contributed by atoms with Crippen LogP contribution in [0.3, 0.4) is 0 Å². The van der Waals surface area contributed by atoms with Crippen molar-refractivity contribution < 1.29 is 19.1 Å². The standard InChI is InChI=1S/C17H16Cl2N2O4/c1-10(17(23)21-16-13(19)8-12(18)9-20-16)25-15(22)7-11-5-3-4-6-14(11)24-2/h3-6,8-10H,7H2,1-2H3,(H,20,21,23)/t10-/m1/s1. The summed E-state index contributed by atoms with van der Waals surface area (Å²) in [5.74, 6) is -0.384. The molecule has 0 bridgehead atoms. The first-order valence-corrected chi connectivity index (χ1v) is 8.09. The molecule has 1 aromatic heterocycles. The highest BCUT2D eigenvalue weighted by Gasteiger charge is 2.20. The number of nitrogens with zero attached hydrogens (tertiary/aromatic N) is 1. The van der Waals surface area contributed by atoms with Gasteiger partial charge in [0, 0.05) is 11.8 Å². The third-order valence-corrected chi connectivity index (χ3v) is 3.75. The number of ether oxygens (including phenoxy) is 2. The Kier molecular flexibility index (Phi) is 6.61. The number of aromatic nitrogens is 1. The second kappa shape index (κ2) is 8.69. The Hall–Kier alpha value is -2.31. The van der Waals surface area contributed by atoms with Gasteiger partial charge in [-0.3, -0.25) is 9.59 Å². The van der Waals surface area contributed by atoms with Crippen LogP contribution in [-0.2, 0) is 20.7 Å². The first-order valence-electron chi connectivity index (χ1n) is 7.34. The number of anilines is 1. The van der Waals surface area contributed by atoms with Crippen LogP contribution in [0, 0.1) is 0 Å². The van der Waals surface area contributed by atoms with Gasteiger partial charge in [0.15, 0.2) is 11.9 Å². The third kappa shape index (κ3) is 5.34. The molecule has 2 rings (SSSR count). The van der Waals surface area contributed by atoms with E-state index in [2.05, 4.69) is 10.3 Å². The van der Waals surface area contributed by atoms with Crippen LogP contribution in [0.2, 0.25) is 10.0 Å². The van der Waals surface area contributed by atoms with Crippen LogP contribution >= 0.6 is 23.2 Å². The maximum absolute atomic E-state index is 12.1. The van der Waals surface area contributed by atoms with Crippen molar-refractivity contribution in [2.45, 2.75) is 19.4 Å². The van der Waals surface area contributed by atoms with E-state index < -0.39 is 18.0 Å². The summed E-state index contributed by atoms with van der Waals surface area (Å²) in [5.41, 5.74) is 0.671. The molecule has 0 saturated heterocycles. The van der Waals surface area contributed by atoms with Crippen LogP contribution in [0.25, 0.3) is 0 Å². The number of methoxy groups -OCH3 is 1. The number of hydrogen-bond donors (Lipinski definition) is 1. The maximum atomic E-state index is 12.1. The van der Waals surface area contributed by atoms with Crippen LogP contribution in [0.1, 0.15) is 12.5 Å². The maximum Gasteiger partial charge on any atom is 0.311 e. The molecule has 1 amide bonds. The minimum absolute atomic E-state index is 0.0123. The normalized spacial score (nSPS) is 11.5. The molecule has 1 aromatic carbocycles. The highest BCUT2D eigenvalue weighted by atomic mass is 35.5. The van der Waals surface area contributed by atoms with E-state index in [9.17, 15) is 9.59 Å². The molecule has 0 fully saturated rings. The molecule has 0 spiro atoms. The fraction of sp³-hybridized carbons (Fsp3) is 0.235. The van der Waals surface area contributed by atoms with Gasteiger partial charge in [-0.2, -0.15) is 0 Å². The van der Waals surface area contributed by atoms with E-state index in [1.165, 1.54) is 26.3 Å². The van der Waals surface area contributed by atoms with Gasteiger partial charge in [0.05, 0.1) is 23.6 Å². The van der Waals surface area contributed by atoms with Crippen molar-refractivity contribution in [3.05, 3.63) is 52.1 Å². The van der Waals surface area contributed by atoms with Crippen molar-refractivity contribution in [2.24, 2.45) is 0 Å². The van der Waals surface area contributed by atoms with Gasteiger partial charge in [0.25, 0.3) is 5.91 Å². The molecular weight excluding hydrogens is 367 g/mol. The molecular formula is C17H16Cl2N2O4. The minimum Gasteiger partial charge on any atom is -0.496 e. The lowest BCUT2D eigenvalue weighted by atomic mass is 10.1. The first kappa shape index (κ1) is 19.0. The van der Waals surface area contributed by atoms with Crippen LogP contribution in [0.4, 0.5) is 5.82 Å². The predicted molar refractivity (Wildman–Crippen MR) is 95.1 cm³/mol. The molecule has 1 N–H and O–H groups in total. The van der Waals surface area contributed by atoms with E-state index in [1.807, 2.05) is 0 Å². The van der Waals surface area contributed by atoms with Crippen molar-refractivity contribution in [3.63, 3.8) is 0 Å². The molecule has 0 radical (unpaired) electrons. The summed E-state index contributed by atoms with van der Waals surface area (Å²) < 4.78 is 10.3. The first-order chi connectivity index (χ1) is 11.9. The van der Waals surface area contributed by atoms with E-state index in [1.54, 1.807) is 24.3 Å². The van der Waals surface area contributed by atoms with E-state index in [0.717, 1.165) is 0 Å². The van der Waals surface area contributed by atoms with Gasteiger partial charge in [-0.05, 0) is 19.1 Å². The molecule has 0 aliphatic rings. The summed E-state index contributed by atoms with van der Waals surface area (Å²) in [6.07, 6.45) is 0.318. The van der Waals surface area contributed by atoms with Gasteiger partial charge in [-0.15, -0.1) is 0 Å². The fourth-order valence-corrected chi connectivity index (χ4v) is 2.45. The Morgan fingerprint density at radius 3 is 2.68 bits per heavy atom. The number of carbonyl (C=O) groups is 2. The van der Waals surface area contributed by atoms with Crippen LogP contribution in [0.5, 0.6) is 5.75 Å². The van der Waals surface area contributed by atoms with Crippen LogP contribution in [-0.4, -0.2) is 30.1 Å². The summed E-state index contributed by atoms with van der Waals surface area (Å²) >= 11 is 11.7. The second-order valence-electron chi connectivity index (χ2n) is 5.09. The van der Waals surface area contributed by atoms with E-state index in [4.69, 9.17) is 32.7 Å². The lowest BCUT2D eigenvalue weighted by molar-refractivity contribution is -0.152. The van der Waals surface area contributed by atoms with Crippen LogP contribution in [0.15, 0.2) is 36.5 Å². The second-order valence-corrected chi connectivity index (χ2v) is 5.94. The van der Waals surface area contributed by atoms with Crippen LogP contribution < -0.4 is 10.1 Å². The number of pyridine rings is 1. The topological polar surface area (TPSA) is 77.5 Å². The largest absolute Gasteiger partial charge is 0.496 e. The van der Waals surface area contributed by atoms with E-state index in [0.29, 0.717) is 16.3 Å². The molecule has 1 heterocycles. The van der Waals surface area contributed by atoms with Gasteiger partial charge in [-0.1, -0.05) is 41.4 Å². The lowest BCUT2D eigenvalue weighted by Gasteiger charge is -2.14. The zero-order valence-electron chi connectivity index (χ0n) is 13.6. The number of halogens is 2. The average Bonchev–Trinajstić information content (AvgIpc) is 2.57. The molecule has 6 nitrogen and oxygen atoms in total. The number of para-hydroxylation sites is 1. The van der Waals surface area contributed by atoms with Gasteiger partial charge in [-0.25, -0.2) is 4.98 Å². The Bertz CT molecular complexity index is 783. The molecule has 8 heteroatoms. The summed E-state index contributed by atoms with van der Waals surface area (Å²) in [6, 6.07) is 8.53. The quantitative estimate of drug-likeness (QED) is 0.773. The number of esters is 1.